The molecule has 30 heavy (non-hydrogen) atoms. The molecule has 1 unspecified atom stereocenters. The van der Waals surface area contributed by atoms with E-state index in [1.165, 1.54) is 6.07 Å². The number of hydrogen-bond acceptors (Lipinski definition) is 5. The molecule has 0 radical (unpaired) electrons. The number of likely N-dealkylation sites (tertiary alicyclic amines) is 1. The van der Waals surface area contributed by atoms with Gasteiger partial charge in [0.2, 0.25) is 0 Å². The molecule has 0 aliphatic carbocycles. The molecule has 7 nitrogen and oxygen atoms in total. The van der Waals surface area contributed by atoms with E-state index in [1.54, 1.807) is 24.8 Å². The van der Waals surface area contributed by atoms with Crippen LogP contribution in [0, 0.1) is 0 Å². The van der Waals surface area contributed by atoms with Gasteiger partial charge in [-0.3, -0.25) is 4.79 Å². The molecule has 0 N–H and O–H groups in total. The minimum Gasteiger partial charge on any atom is -0.361 e. The molecule has 3 aromatic heterocycles. The zero-order valence-electron chi connectivity index (χ0n) is 16.9. The fourth-order valence-corrected chi connectivity index (χ4v) is 3.72. The van der Waals surface area contributed by atoms with Crippen LogP contribution >= 0.6 is 0 Å². The van der Waals surface area contributed by atoms with E-state index in [1.807, 2.05) is 6.92 Å². The molecule has 0 saturated carbocycles. The van der Waals surface area contributed by atoms with E-state index in [4.69, 9.17) is 4.52 Å². The lowest BCUT2D eigenvalue weighted by atomic mass is 10.1. The van der Waals surface area contributed by atoms with Crippen molar-refractivity contribution in [2.75, 3.05) is 6.54 Å². The molecule has 0 bridgehead atoms. The highest BCUT2D eigenvalue weighted by Gasteiger charge is 2.38. The van der Waals surface area contributed by atoms with Gasteiger partial charge >= 0.3 is 6.18 Å². The predicted octanol–water partition coefficient (Wildman–Crippen LogP) is 4.40. The summed E-state index contributed by atoms with van der Waals surface area (Å²) in [5.41, 5.74) is 0.174. The lowest BCUT2D eigenvalue weighted by molar-refractivity contribution is -0.142. The second-order valence-corrected chi connectivity index (χ2v) is 7.75. The minimum absolute atomic E-state index is 0.123. The number of halogens is 3. The smallest absolute Gasteiger partial charge is 0.361 e. The standard InChI is InChI=1S/C20H22F3N5O2/c1-4-12-8-15(26-30-12)19(29)27-7-5-6-16(27)14-10-18-24-13(11(2)3)9-17(20(21,22)23)28(18)25-14/h8-11,16H,4-7H2,1-3H3. The van der Waals surface area contributed by atoms with Crippen LogP contribution in [0.5, 0.6) is 0 Å². The second kappa shape index (κ2) is 7.41. The van der Waals surface area contributed by atoms with E-state index in [-0.39, 0.29) is 23.2 Å². The average Bonchev–Trinajstić information content (AvgIpc) is 3.43. The second-order valence-electron chi connectivity index (χ2n) is 7.75. The van der Waals surface area contributed by atoms with E-state index in [9.17, 15) is 18.0 Å². The summed E-state index contributed by atoms with van der Waals surface area (Å²) in [7, 11) is 0. The molecule has 10 heteroatoms. The third kappa shape index (κ3) is 3.54. The van der Waals surface area contributed by atoms with Crippen LogP contribution < -0.4 is 0 Å². The molecule has 1 aliphatic heterocycles. The maximum absolute atomic E-state index is 13.6. The Morgan fingerprint density at radius 1 is 1.30 bits per heavy atom. The Kier molecular flexibility index (Phi) is 5.03. The number of alkyl halides is 3. The topological polar surface area (TPSA) is 76.5 Å². The van der Waals surface area contributed by atoms with Gasteiger partial charge in [0.15, 0.2) is 11.3 Å². The summed E-state index contributed by atoms with van der Waals surface area (Å²) in [4.78, 5) is 18.9. The van der Waals surface area contributed by atoms with Gasteiger partial charge in [-0.25, -0.2) is 9.50 Å². The highest BCUT2D eigenvalue weighted by molar-refractivity contribution is 5.92. The number of carbonyl (C=O) groups is 1. The first-order valence-corrected chi connectivity index (χ1v) is 9.93. The molecule has 160 valence electrons. The highest BCUT2D eigenvalue weighted by Crippen LogP contribution is 2.35. The van der Waals surface area contributed by atoms with Crippen LogP contribution in [0.15, 0.2) is 22.7 Å². The maximum Gasteiger partial charge on any atom is 0.433 e. The molecule has 0 aromatic carbocycles. The SMILES string of the molecule is CCc1cc(C(=O)N2CCCC2c2cc3nc(C(C)C)cc(C(F)(F)F)n3n2)no1. The van der Waals surface area contributed by atoms with Gasteiger partial charge in [-0.05, 0) is 24.8 Å². The van der Waals surface area contributed by atoms with Gasteiger partial charge in [0.25, 0.3) is 5.91 Å². The van der Waals surface area contributed by atoms with Crippen LogP contribution in [0.25, 0.3) is 5.65 Å². The van der Waals surface area contributed by atoms with E-state index < -0.39 is 17.9 Å². The zero-order chi connectivity index (χ0) is 21.6. The van der Waals surface area contributed by atoms with Gasteiger partial charge in [0.05, 0.1) is 11.7 Å². The number of amides is 1. The minimum atomic E-state index is -4.57. The number of nitrogens with zero attached hydrogens (tertiary/aromatic N) is 5. The predicted molar refractivity (Wildman–Crippen MR) is 101 cm³/mol. The molecule has 4 rings (SSSR count). The largest absolute Gasteiger partial charge is 0.433 e. The number of aryl methyl sites for hydroxylation is 1. The van der Waals surface area contributed by atoms with Gasteiger partial charge in [-0.1, -0.05) is 25.9 Å². The van der Waals surface area contributed by atoms with Crippen LogP contribution in [0.4, 0.5) is 13.2 Å². The fraction of sp³-hybridized carbons (Fsp3) is 0.500. The van der Waals surface area contributed by atoms with Crippen LogP contribution in [0.3, 0.4) is 0 Å². The summed E-state index contributed by atoms with van der Waals surface area (Å²) in [6.45, 7) is 5.94. The highest BCUT2D eigenvalue weighted by atomic mass is 19.4. The maximum atomic E-state index is 13.6. The van der Waals surface area contributed by atoms with Crippen molar-refractivity contribution < 1.29 is 22.5 Å². The first-order chi connectivity index (χ1) is 14.2. The molecule has 4 heterocycles. The monoisotopic (exact) mass is 421 g/mol. The van der Waals surface area contributed by atoms with Crippen molar-refractivity contribution in [1.29, 1.82) is 0 Å². The lowest BCUT2D eigenvalue weighted by Crippen LogP contribution is -2.31. The van der Waals surface area contributed by atoms with Crippen molar-refractivity contribution in [2.45, 2.75) is 58.2 Å². The number of fused-ring (bicyclic) bond motifs is 1. The van der Waals surface area contributed by atoms with Crippen molar-refractivity contribution >= 4 is 11.6 Å². The molecule has 1 atom stereocenters. The zero-order valence-corrected chi connectivity index (χ0v) is 16.9. The lowest BCUT2D eigenvalue weighted by Gasteiger charge is -2.22. The molecular formula is C20H22F3N5O2. The Labute approximate surface area is 170 Å². The quantitative estimate of drug-likeness (QED) is 0.624. The van der Waals surface area contributed by atoms with Crippen molar-refractivity contribution in [3.63, 3.8) is 0 Å². The molecular weight excluding hydrogens is 399 g/mol. The summed E-state index contributed by atoms with van der Waals surface area (Å²) in [5.74, 6) is 0.117. The Morgan fingerprint density at radius 2 is 2.07 bits per heavy atom. The van der Waals surface area contributed by atoms with Gasteiger partial charge in [-0.15, -0.1) is 0 Å². The van der Waals surface area contributed by atoms with Gasteiger partial charge in [-0.2, -0.15) is 18.3 Å². The summed E-state index contributed by atoms with van der Waals surface area (Å²) in [5, 5.41) is 8.03. The Bertz CT molecular complexity index is 1090. The van der Waals surface area contributed by atoms with Crippen LogP contribution in [-0.4, -0.2) is 37.1 Å². The van der Waals surface area contributed by atoms with Crippen molar-refractivity contribution in [3.8, 4) is 0 Å². The van der Waals surface area contributed by atoms with E-state index in [2.05, 4.69) is 15.2 Å². The van der Waals surface area contributed by atoms with Crippen molar-refractivity contribution in [2.24, 2.45) is 0 Å². The van der Waals surface area contributed by atoms with Crippen LogP contribution in [0.2, 0.25) is 0 Å². The summed E-state index contributed by atoms with van der Waals surface area (Å²) >= 11 is 0. The molecule has 1 fully saturated rings. The average molecular weight is 421 g/mol. The van der Waals surface area contributed by atoms with Crippen molar-refractivity contribution in [1.82, 2.24) is 24.7 Å². The number of hydrogen-bond donors (Lipinski definition) is 0. The van der Waals surface area contributed by atoms with E-state index >= 15 is 0 Å². The van der Waals surface area contributed by atoms with Crippen LogP contribution in [0.1, 0.15) is 78.9 Å². The van der Waals surface area contributed by atoms with Crippen molar-refractivity contribution in [3.05, 3.63) is 46.7 Å². The number of carbonyl (C=O) groups excluding carboxylic acids is 1. The first-order valence-electron chi connectivity index (χ1n) is 9.93. The Balaban J connectivity index is 1.74. The third-order valence-electron chi connectivity index (χ3n) is 5.33. The molecule has 0 spiro atoms. The first kappa shape index (κ1) is 20.4. The fourth-order valence-electron chi connectivity index (χ4n) is 3.72. The van der Waals surface area contributed by atoms with Crippen LogP contribution in [-0.2, 0) is 12.6 Å². The third-order valence-corrected chi connectivity index (χ3v) is 5.33. The molecule has 3 aromatic rings. The van der Waals surface area contributed by atoms with Gasteiger partial charge in [0.1, 0.15) is 11.5 Å². The van der Waals surface area contributed by atoms with Gasteiger partial charge < -0.3 is 9.42 Å². The van der Waals surface area contributed by atoms with E-state index in [0.29, 0.717) is 36.5 Å². The molecule has 1 saturated heterocycles. The number of rotatable bonds is 4. The van der Waals surface area contributed by atoms with E-state index in [0.717, 1.165) is 17.0 Å². The summed E-state index contributed by atoms with van der Waals surface area (Å²) in [6, 6.07) is 3.73. The molecule has 1 aliphatic rings. The normalized spacial score (nSPS) is 17.4. The number of aromatic nitrogens is 4. The Hall–Kier alpha value is -2.91. The Morgan fingerprint density at radius 3 is 2.70 bits per heavy atom. The summed E-state index contributed by atoms with van der Waals surface area (Å²) < 4.78 is 46.9. The summed E-state index contributed by atoms with van der Waals surface area (Å²) in [6.07, 6.45) is -2.64. The van der Waals surface area contributed by atoms with Gasteiger partial charge in [0, 0.05) is 30.8 Å². The molecule has 1 amide bonds.